The van der Waals surface area contributed by atoms with Gasteiger partial charge in [-0.1, -0.05) is 119 Å². The van der Waals surface area contributed by atoms with Gasteiger partial charge in [-0.05, 0) is 25.3 Å². The van der Waals surface area contributed by atoms with Gasteiger partial charge in [-0.2, -0.15) is 0 Å². The van der Waals surface area contributed by atoms with Gasteiger partial charge >= 0.3 is 0 Å². The third-order valence-electron chi connectivity index (χ3n) is 5.02. The summed E-state index contributed by atoms with van der Waals surface area (Å²) < 4.78 is 0. The molecule has 0 aliphatic carbocycles. The number of aryl methyl sites for hydroxylation is 1. The van der Waals surface area contributed by atoms with E-state index in [1.54, 1.807) is 0 Å². The van der Waals surface area contributed by atoms with Crippen molar-refractivity contribution in [3.05, 3.63) is 35.4 Å². The van der Waals surface area contributed by atoms with E-state index in [9.17, 15) is 5.21 Å². The van der Waals surface area contributed by atoms with Gasteiger partial charge in [0.05, 0.1) is 5.71 Å². The van der Waals surface area contributed by atoms with Gasteiger partial charge < -0.3 is 5.21 Å². The molecule has 0 aliphatic heterocycles. The molecule has 1 aromatic carbocycles. The maximum absolute atomic E-state index is 9.23. The van der Waals surface area contributed by atoms with Gasteiger partial charge in [0.25, 0.3) is 0 Å². The Labute approximate surface area is 155 Å². The molecule has 0 aromatic heterocycles. The molecule has 1 aromatic rings. The molecule has 0 unspecified atom stereocenters. The van der Waals surface area contributed by atoms with Crippen LogP contribution in [0.1, 0.15) is 108 Å². The molecule has 0 spiro atoms. The first-order chi connectivity index (χ1) is 12.3. The van der Waals surface area contributed by atoms with E-state index in [2.05, 4.69) is 31.1 Å². The SMILES string of the molecule is CCCCCCCCCCCCCCC/C(=N\O)c1ccc(C)cc1. The molecule has 2 heteroatoms. The Morgan fingerprint density at radius 3 is 1.60 bits per heavy atom. The van der Waals surface area contributed by atoms with E-state index in [1.165, 1.54) is 82.6 Å². The minimum atomic E-state index is 0.822. The van der Waals surface area contributed by atoms with Crippen LogP contribution in [0.2, 0.25) is 0 Å². The number of benzene rings is 1. The number of rotatable bonds is 15. The molecular formula is C23H39NO. The van der Waals surface area contributed by atoms with Crippen molar-refractivity contribution in [3.8, 4) is 0 Å². The normalized spacial score (nSPS) is 11.8. The molecule has 0 amide bonds. The lowest BCUT2D eigenvalue weighted by Crippen LogP contribution is -2.01. The molecule has 0 bridgehead atoms. The molecule has 0 heterocycles. The monoisotopic (exact) mass is 345 g/mol. The lowest BCUT2D eigenvalue weighted by molar-refractivity contribution is 0.317. The minimum Gasteiger partial charge on any atom is -0.411 e. The average molecular weight is 346 g/mol. The van der Waals surface area contributed by atoms with Crippen molar-refractivity contribution in [3.63, 3.8) is 0 Å². The second kappa shape index (κ2) is 15.0. The van der Waals surface area contributed by atoms with Gasteiger partial charge in [-0.15, -0.1) is 0 Å². The maximum atomic E-state index is 9.23. The zero-order valence-electron chi connectivity index (χ0n) is 16.6. The molecule has 0 fully saturated rings. The second-order valence-corrected chi connectivity index (χ2v) is 7.41. The number of nitrogens with zero attached hydrogens (tertiary/aromatic N) is 1. The van der Waals surface area contributed by atoms with Gasteiger partial charge in [0.1, 0.15) is 0 Å². The summed E-state index contributed by atoms with van der Waals surface area (Å²) in [6.07, 6.45) is 18.6. The Bertz CT molecular complexity index is 450. The molecule has 0 saturated heterocycles. The van der Waals surface area contributed by atoms with Crippen LogP contribution in [-0.4, -0.2) is 10.9 Å². The summed E-state index contributed by atoms with van der Waals surface area (Å²) in [5.41, 5.74) is 3.11. The van der Waals surface area contributed by atoms with E-state index in [4.69, 9.17) is 0 Å². The number of unbranched alkanes of at least 4 members (excludes halogenated alkanes) is 12. The van der Waals surface area contributed by atoms with Crippen LogP contribution in [0.25, 0.3) is 0 Å². The Morgan fingerprint density at radius 1 is 0.720 bits per heavy atom. The zero-order valence-corrected chi connectivity index (χ0v) is 16.6. The van der Waals surface area contributed by atoms with Crippen LogP contribution in [0, 0.1) is 6.92 Å². The number of oxime groups is 1. The fourth-order valence-corrected chi connectivity index (χ4v) is 3.31. The molecule has 2 nitrogen and oxygen atoms in total. The van der Waals surface area contributed by atoms with Gasteiger partial charge in [-0.25, -0.2) is 0 Å². The molecule has 0 atom stereocenters. The van der Waals surface area contributed by atoms with Crippen molar-refractivity contribution in [2.75, 3.05) is 0 Å². The van der Waals surface area contributed by atoms with E-state index < -0.39 is 0 Å². The third-order valence-corrected chi connectivity index (χ3v) is 5.02. The molecule has 25 heavy (non-hydrogen) atoms. The largest absolute Gasteiger partial charge is 0.411 e. The first-order valence-electron chi connectivity index (χ1n) is 10.6. The maximum Gasteiger partial charge on any atom is 0.0867 e. The van der Waals surface area contributed by atoms with Crippen molar-refractivity contribution < 1.29 is 5.21 Å². The summed E-state index contributed by atoms with van der Waals surface area (Å²) in [5, 5.41) is 12.7. The highest BCUT2D eigenvalue weighted by Crippen LogP contribution is 2.14. The smallest absolute Gasteiger partial charge is 0.0867 e. The highest BCUT2D eigenvalue weighted by Gasteiger charge is 2.04. The summed E-state index contributed by atoms with van der Waals surface area (Å²) in [7, 11) is 0. The number of hydrogen-bond donors (Lipinski definition) is 1. The van der Waals surface area contributed by atoms with Gasteiger partial charge in [0.2, 0.25) is 0 Å². The second-order valence-electron chi connectivity index (χ2n) is 7.41. The Morgan fingerprint density at radius 2 is 1.16 bits per heavy atom. The van der Waals surface area contributed by atoms with Crippen LogP contribution in [-0.2, 0) is 0 Å². The molecule has 1 N–H and O–H groups in total. The summed E-state index contributed by atoms with van der Waals surface area (Å²) in [4.78, 5) is 0. The summed E-state index contributed by atoms with van der Waals surface area (Å²) in [6, 6.07) is 8.24. The Hall–Kier alpha value is -1.31. The van der Waals surface area contributed by atoms with Crippen LogP contribution < -0.4 is 0 Å². The van der Waals surface area contributed by atoms with Crippen LogP contribution in [0.5, 0.6) is 0 Å². The van der Waals surface area contributed by atoms with Crippen LogP contribution in [0.15, 0.2) is 29.4 Å². The zero-order chi connectivity index (χ0) is 18.2. The van der Waals surface area contributed by atoms with Crippen LogP contribution >= 0.6 is 0 Å². The summed E-state index contributed by atoms with van der Waals surface area (Å²) >= 11 is 0. The molecule has 0 aliphatic rings. The topological polar surface area (TPSA) is 32.6 Å². The predicted molar refractivity (Wildman–Crippen MR) is 110 cm³/mol. The highest BCUT2D eigenvalue weighted by molar-refractivity contribution is 6.00. The quantitative estimate of drug-likeness (QED) is 0.150. The lowest BCUT2D eigenvalue weighted by Gasteiger charge is -2.06. The van der Waals surface area contributed by atoms with E-state index >= 15 is 0 Å². The standard InChI is InChI=1S/C23H39NO/c1-3-4-5-6-7-8-9-10-11-12-13-14-15-16-23(24-25)22-19-17-21(2)18-20-22/h17-20,25H,3-16H2,1-2H3/b24-23+. The number of hydrogen-bond acceptors (Lipinski definition) is 2. The van der Waals surface area contributed by atoms with Crippen molar-refractivity contribution in [1.82, 2.24) is 0 Å². The predicted octanol–water partition coefficient (Wildman–Crippen LogP) is 7.65. The first kappa shape index (κ1) is 21.7. The van der Waals surface area contributed by atoms with Crippen molar-refractivity contribution >= 4 is 5.71 Å². The Balaban J connectivity index is 1.95. The summed E-state index contributed by atoms with van der Waals surface area (Å²) in [5.74, 6) is 0. The van der Waals surface area contributed by atoms with E-state index in [-0.39, 0.29) is 0 Å². The van der Waals surface area contributed by atoms with Gasteiger partial charge in [-0.3, -0.25) is 0 Å². The van der Waals surface area contributed by atoms with Crippen LogP contribution in [0.4, 0.5) is 0 Å². The molecule has 0 radical (unpaired) electrons. The molecular weight excluding hydrogens is 306 g/mol. The summed E-state index contributed by atoms with van der Waals surface area (Å²) in [6.45, 7) is 4.35. The highest BCUT2D eigenvalue weighted by atomic mass is 16.4. The van der Waals surface area contributed by atoms with Gasteiger partial charge in [0, 0.05) is 0 Å². The fourth-order valence-electron chi connectivity index (χ4n) is 3.31. The average Bonchev–Trinajstić information content (AvgIpc) is 2.63. The van der Waals surface area contributed by atoms with Crippen molar-refractivity contribution in [1.29, 1.82) is 0 Å². The lowest BCUT2D eigenvalue weighted by atomic mass is 10.0. The van der Waals surface area contributed by atoms with E-state index in [1.807, 2.05) is 12.1 Å². The van der Waals surface area contributed by atoms with Crippen molar-refractivity contribution in [2.45, 2.75) is 104 Å². The minimum absolute atomic E-state index is 0.822. The fraction of sp³-hybridized carbons (Fsp3) is 0.696. The van der Waals surface area contributed by atoms with Gasteiger partial charge in [0.15, 0.2) is 0 Å². The molecule has 0 saturated carbocycles. The third kappa shape index (κ3) is 11.0. The van der Waals surface area contributed by atoms with Crippen LogP contribution in [0.3, 0.4) is 0 Å². The van der Waals surface area contributed by atoms with Crippen molar-refractivity contribution in [2.24, 2.45) is 5.16 Å². The first-order valence-corrected chi connectivity index (χ1v) is 10.6. The Kier molecular flexibility index (Phi) is 13.0. The van der Waals surface area contributed by atoms with E-state index in [0.717, 1.165) is 24.1 Å². The van der Waals surface area contributed by atoms with E-state index in [0.29, 0.717) is 0 Å². The molecule has 142 valence electrons. The molecule has 1 rings (SSSR count).